The Morgan fingerprint density at radius 1 is 1.12 bits per heavy atom. The maximum Gasteiger partial charge on any atom is 0.320 e. The third kappa shape index (κ3) is 3.70. The molecule has 1 aliphatic carbocycles. The number of likely N-dealkylation sites (tertiary alicyclic amines) is 1. The lowest BCUT2D eigenvalue weighted by atomic mass is 9.99. The number of hydrogen-bond donors (Lipinski definition) is 1. The number of carboxylic acid groups (broad SMARTS) is 1. The largest absolute Gasteiger partial charge is 0.480 e. The Labute approximate surface area is 104 Å². The van der Waals surface area contributed by atoms with Crippen LogP contribution < -0.4 is 0 Å². The zero-order chi connectivity index (χ0) is 12.1. The highest BCUT2D eigenvalue weighted by Crippen LogP contribution is 2.29. The number of carboxylic acids is 1. The molecule has 3 heteroatoms. The standard InChI is InChI=1S/C14H25NO2/c16-14(17)13-9-3-4-10-15(13)11-5-8-12-6-1-2-7-12/h12-13H,1-11H2,(H,16,17). The van der Waals surface area contributed by atoms with Crippen molar-refractivity contribution < 1.29 is 9.90 Å². The SMILES string of the molecule is O=C(O)C1CCCCN1CCCC1CCCC1. The Balaban J connectivity index is 1.70. The molecule has 0 amide bonds. The Kier molecular flexibility index (Phi) is 4.84. The molecule has 0 radical (unpaired) electrons. The Morgan fingerprint density at radius 3 is 2.53 bits per heavy atom. The van der Waals surface area contributed by atoms with E-state index in [0.717, 1.165) is 31.8 Å². The van der Waals surface area contributed by atoms with Crippen LogP contribution >= 0.6 is 0 Å². The van der Waals surface area contributed by atoms with Crippen LogP contribution in [0.5, 0.6) is 0 Å². The summed E-state index contributed by atoms with van der Waals surface area (Å²) in [6.45, 7) is 1.98. The predicted molar refractivity (Wildman–Crippen MR) is 68.0 cm³/mol. The van der Waals surface area contributed by atoms with Crippen molar-refractivity contribution in [2.24, 2.45) is 5.92 Å². The summed E-state index contributed by atoms with van der Waals surface area (Å²) in [5, 5.41) is 9.18. The average Bonchev–Trinajstić information content (AvgIpc) is 2.82. The van der Waals surface area contributed by atoms with Crippen molar-refractivity contribution in [3.8, 4) is 0 Å². The third-order valence-corrected chi connectivity index (χ3v) is 4.43. The fourth-order valence-electron chi connectivity index (χ4n) is 3.42. The lowest BCUT2D eigenvalue weighted by molar-refractivity contribution is -0.144. The monoisotopic (exact) mass is 239 g/mol. The summed E-state index contributed by atoms with van der Waals surface area (Å²) in [6.07, 6.45) is 11.2. The molecule has 1 saturated carbocycles. The van der Waals surface area contributed by atoms with Gasteiger partial charge in [0.1, 0.15) is 6.04 Å². The second kappa shape index (κ2) is 6.39. The fraction of sp³-hybridized carbons (Fsp3) is 0.929. The smallest absolute Gasteiger partial charge is 0.320 e. The van der Waals surface area contributed by atoms with Gasteiger partial charge in [0, 0.05) is 0 Å². The van der Waals surface area contributed by atoms with Gasteiger partial charge in [-0.1, -0.05) is 32.1 Å². The van der Waals surface area contributed by atoms with Crippen LogP contribution in [0.15, 0.2) is 0 Å². The summed E-state index contributed by atoms with van der Waals surface area (Å²) in [5.74, 6) is 0.314. The van der Waals surface area contributed by atoms with Gasteiger partial charge < -0.3 is 5.11 Å². The molecule has 1 aliphatic heterocycles. The van der Waals surface area contributed by atoms with E-state index in [1.165, 1.54) is 44.9 Å². The van der Waals surface area contributed by atoms with Crippen molar-refractivity contribution in [3.63, 3.8) is 0 Å². The molecule has 0 aromatic heterocycles. The van der Waals surface area contributed by atoms with Crippen molar-refractivity contribution in [2.45, 2.75) is 63.8 Å². The van der Waals surface area contributed by atoms with E-state index < -0.39 is 5.97 Å². The Hall–Kier alpha value is -0.570. The minimum atomic E-state index is -0.620. The van der Waals surface area contributed by atoms with Gasteiger partial charge in [-0.2, -0.15) is 0 Å². The first-order valence-electron chi connectivity index (χ1n) is 7.24. The molecule has 1 N–H and O–H groups in total. The number of piperidine rings is 1. The highest BCUT2D eigenvalue weighted by molar-refractivity contribution is 5.73. The van der Waals surface area contributed by atoms with Crippen LogP contribution in [0, 0.1) is 5.92 Å². The topological polar surface area (TPSA) is 40.5 Å². The van der Waals surface area contributed by atoms with Crippen LogP contribution in [-0.4, -0.2) is 35.1 Å². The molecule has 2 aliphatic rings. The second-order valence-electron chi connectivity index (χ2n) is 5.68. The van der Waals surface area contributed by atoms with Crippen molar-refractivity contribution in [1.82, 2.24) is 4.90 Å². The second-order valence-corrected chi connectivity index (χ2v) is 5.68. The van der Waals surface area contributed by atoms with E-state index in [1.807, 2.05) is 0 Å². The molecule has 0 aromatic carbocycles. The molecule has 1 heterocycles. The number of aliphatic carboxylic acids is 1. The average molecular weight is 239 g/mol. The van der Waals surface area contributed by atoms with Crippen LogP contribution in [-0.2, 0) is 4.79 Å². The summed E-state index contributed by atoms with van der Waals surface area (Å²) in [7, 11) is 0. The Bertz CT molecular complexity index is 249. The van der Waals surface area contributed by atoms with Gasteiger partial charge in [-0.15, -0.1) is 0 Å². The van der Waals surface area contributed by atoms with Gasteiger partial charge in [-0.3, -0.25) is 9.69 Å². The van der Waals surface area contributed by atoms with Crippen LogP contribution in [0.1, 0.15) is 57.8 Å². The summed E-state index contributed by atoms with van der Waals surface area (Å²) in [4.78, 5) is 13.3. The van der Waals surface area contributed by atoms with Gasteiger partial charge in [-0.05, 0) is 44.7 Å². The predicted octanol–water partition coefficient (Wildman–Crippen LogP) is 2.90. The lowest BCUT2D eigenvalue weighted by Crippen LogP contribution is -2.45. The van der Waals surface area contributed by atoms with Gasteiger partial charge in [0.15, 0.2) is 0 Å². The van der Waals surface area contributed by atoms with Crippen molar-refractivity contribution in [1.29, 1.82) is 0 Å². The van der Waals surface area contributed by atoms with E-state index >= 15 is 0 Å². The minimum Gasteiger partial charge on any atom is -0.480 e. The summed E-state index contributed by atoms with van der Waals surface area (Å²) in [6, 6.07) is -0.202. The van der Waals surface area contributed by atoms with Gasteiger partial charge in [-0.25, -0.2) is 0 Å². The van der Waals surface area contributed by atoms with Crippen molar-refractivity contribution in [3.05, 3.63) is 0 Å². The van der Waals surface area contributed by atoms with E-state index in [2.05, 4.69) is 4.90 Å². The zero-order valence-corrected chi connectivity index (χ0v) is 10.7. The first-order chi connectivity index (χ1) is 8.27. The van der Waals surface area contributed by atoms with Gasteiger partial charge in [0.25, 0.3) is 0 Å². The summed E-state index contributed by atoms with van der Waals surface area (Å²) < 4.78 is 0. The quantitative estimate of drug-likeness (QED) is 0.802. The first-order valence-corrected chi connectivity index (χ1v) is 7.24. The molecule has 3 nitrogen and oxygen atoms in total. The highest BCUT2D eigenvalue weighted by atomic mass is 16.4. The minimum absolute atomic E-state index is 0.202. The lowest BCUT2D eigenvalue weighted by Gasteiger charge is -2.33. The zero-order valence-electron chi connectivity index (χ0n) is 10.7. The van der Waals surface area contributed by atoms with Crippen molar-refractivity contribution >= 4 is 5.97 Å². The van der Waals surface area contributed by atoms with Crippen LogP contribution in [0.2, 0.25) is 0 Å². The normalized spacial score (nSPS) is 27.4. The molecule has 1 unspecified atom stereocenters. The molecule has 0 aromatic rings. The Morgan fingerprint density at radius 2 is 1.82 bits per heavy atom. The fourth-order valence-corrected chi connectivity index (χ4v) is 3.42. The van der Waals surface area contributed by atoms with Gasteiger partial charge in [0.2, 0.25) is 0 Å². The van der Waals surface area contributed by atoms with Gasteiger partial charge in [0.05, 0.1) is 0 Å². The van der Waals surface area contributed by atoms with Crippen LogP contribution in [0.4, 0.5) is 0 Å². The van der Waals surface area contributed by atoms with Crippen LogP contribution in [0.25, 0.3) is 0 Å². The van der Waals surface area contributed by atoms with E-state index in [0.29, 0.717) is 0 Å². The number of nitrogens with zero attached hydrogens (tertiary/aromatic N) is 1. The van der Waals surface area contributed by atoms with E-state index in [1.54, 1.807) is 0 Å². The molecule has 2 fully saturated rings. The molecule has 98 valence electrons. The van der Waals surface area contributed by atoms with Crippen molar-refractivity contribution in [2.75, 3.05) is 13.1 Å². The van der Waals surface area contributed by atoms with E-state index in [-0.39, 0.29) is 6.04 Å². The molecule has 0 bridgehead atoms. The van der Waals surface area contributed by atoms with E-state index in [4.69, 9.17) is 0 Å². The molecule has 17 heavy (non-hydrogen) atoms. The molecule has 2 rings (SSSR count). The van der Waals surface area contributed by atoms with Crippen LogP contribution in [0.3, 0.4) is 0 Å². The number of rotatable bonds is 5. The van der Waals surface area contributed by atoms with Gasteiger partial charge >= 0.3 is 5.97 Å². The summed E-state index contributed by atoms with van der Waals surface area (Å²) in [5.41, 5.74) is 0. The molecule has 0 spiro atoms. The molecular formula is C14H25NO2. The van der Waals surface area contributed by atoms with E-state index in [9.17, 15) is 9.90 Å². The molecular weight excluding hydrogens is 214 g/mol. The number of carbonyl (C=O) groups is 1. The maximum atomic E-state index is 11.1. The highest BCUT2D eigenvalue weighted by Gasteiger charge is 2.27. The molecule has 1 atom stereocenters. The maximum absolute atomic E-state index is 11.1. The summed E-state index contributed by atoms with van der Waals surface area (Å²) >= 11 is 0. The molecule has 1 saturated heterocycles. The first kappa shape index (κ1) is 12.9. The third-order valence-electron chi connectivity index (χ3n) is 4.43. The number of hydrogen-bond acceptors (Lipinski definition) is 2.